The summed E-state index contributed by atoms with van der Waals surface area (Å²) in [6.45, 7) is 4.55. The van der Waals surface area contributed by atoms with E-state index in [0.717, 1.165) is 17.9 Å². The van der Waals surface area contributed by atoms with Crippen LogP contribution in [0, 0.1) is 17.3 Å². The predicted octanol–water partition coefficient (Wildman–Crippen LogP) is 4.85. The normalized spacial score (nSPS) is 21.8. The molecule has 2 aromatic rings. The number of carbonyl (C=O) groups is 1. The number of hydrogen-bond acceptors (Lipinski definition) is 4. The molecular weight excluding hydrogens is 434 g/mol. The first-order valence-corrected chi connectivity index (χ1v) is 11.9. The predicted molar refractivity (Wildman–Crippen MR) is 123 cm³/mol. The average molecular weight is 458 g/mol. The fourth-order valence-corrected chi connectivity index (χ4v) is 5.54. The van der Waals surface area contributed by atoms with Gasteiger partial charge in [0.1, 0.15) is 0 Å². The van der Waals surface area contributed by atoms with Crippen LogP contribution in [0.2, 0.25) is 5.02 Å². The Labute approximate surface area is 187 Å². The Morgan fingerprint density at radius 2 is 1.94 bits per heavy atom. The summed E-state index contributed by atoms with van der Waals surface area (Å²) < 4.78 is 27.8. The number of anilines is 1. The Bertz CT molecular complexity index is 1170. The second-order valence-corrected chi connectivity index (χ2v) is 10.7. The van der Waals surface area contributed by atoms with E-state index in [1.54, 1.807) is 36.5 Å². The number of carbonyl (C=O) groups excluding carboxylic acids is 1. The van der Waals surface area contributed by atoms with Gasteiger partial charge in [-0.2, -0.15) is 5.10 Å². The molecule has 3 aliphatic rings. The maximum absolute atomic E-state index is 12.7. The zero-order valence-electron chi connectivity index (χ0n) is 17.3. The molecule has 2 N–H and O–H groups in total. The minimum Gasteiger partial charge on any atom is -0.280 e. The Morgan fingerprint density at radius 3 is 2.61 bits per heavy atom. The molecule has 1 amide bonds. The van der Waals surface area contributed by atoms with Crippen LogP contribution in [0.4, 0.5) is 5.69 Å². The van der Waals surface area contributed by atoms with Crippen molar-refractivity contribution in [1.29, 1.82) is 0 Å². The number of allylic oxidation sites excluding steroid dienone is 2. The van der Waals surface area contributed by atoms with E-state index in [1.807, 2.05) is 0 Å². The van der Waals surface area contributed by atoms with E-state index in [1.165, 1.54) is 24.6 Å². The monoisotopic (exact) mass is 457 g/mol. The van der Waals surface area contributed by atoms with Crippen LogP contribution in [0.25, 0.3) is 0 Å². The molecule has 6 nitrogen and oxygen atoms in total. The van der Waals surface area contributed by atoms with Crippen molar-refractivity contribution in [1.82, 2.24) is 5.43 Å². The Kier molecular flexibility index (Phi) is 5.66. The summed E-state index contributed by atoms with van der Waals surface area (Å²) in [7, 11) is -3.86. The zero-order valence-corrected chi connectivity index (χ0v) is 18.9. The first-order chi connectivity index (χ1) is 14.7. The summed E-state index contributed by atoms with van der Waals surface area (Å²) in [5.41, 5.74) is 4.52. The molecule has 0 saturated heterocycles. The summed E-state index contributed by atoms with van der Waals surface area (Å²) in [5.74, 6) is 0.733. The van der Waals surface area contributed by atoms with Crippen LogP contribution in [0.5, 0.6) is 0 Å². The van der Waals surface area contributed by atoms with Crippen molar-refractivity contribution in [3.05, 3.63) is 70.8 Å². The molecule has 31 heavy (non-hydrogen) atoms. The summed E-state index contributed by atoms with van der Waals surface area (Å²) in [6, 6.07) is 12.1. The SMILES string of the molecule is CC1(C)[C@@H]2CC=C(/C=N\NC(=O)c3cccc(S(=O)(=O)Nc4ccc(Cl)cc4)c3)[C@@H]1C2. The van der Waals surface area contributed by atoms with Gasteiger partial charge in [0, 0.05) is 16.3 Å². The van der Waals surface area contributed by atoms with Crippen LogP contribution in [0.15, 0.2) is 70.2 Å². The van der Waals surface area contributed by atoms with Crippen LogP contribution in [0.1, 0.15) is 37.0 Å². The van der Waals surface area contributed by atoms with Gasteiger partial charge in [-0.25, -0.2) is 13.8 Å². The molecule has 5 rings (SSSR count). The van der Waals surface area contributed by atoms with Gasteiger partial charge in [-0.1, -0.05) is 37.6 Å². The smallest absolute Gasteiger partial charge is 0.271 e. The first-order valence-electron chi connectivity index (χ1n) is 10.1. The lowest BCUT2D eigenvalue weighted by Gasteiger charge is -2.55. The Morgan fingerprint density at radius 1 is 1.19 bits per heavy atom. The highest BCUT2D eigenvalue weighted by Crippen LogP contribution is 2.58. The van der Waals surface area contributed by atoms with E-state index in [2.05, 4.69) is 35.2 Å². The fourth-order valence-electron chi connectivity index (χ4n) is 4.31. The number of sulfonamides is 1. The summed E-state index contributed by atoms with van der Waals surface area (Å²) in [4.78, 5) is 12.5. The third kappa shape index (κ3) is 4.38. The minimum atomic E-state index is -3.86. The number of hydrazone groups is 1. The van der Waals surface area contributed by atoms with Crippen molar-refractivity contribution in [2.24, 2.45) is 22.4 Å². The molecular formula is C23H24ClN3O3S. The number of fused-ring (bicyclic) bond motifs is 1. The third-order valence-corrected chi connectivity index (χ3v) is 8.02. The van der Waals surface area contributed by atoms with E-state index >= 15 is 0 Å². The molecule has 0 aliphatic heterocycles. The van der Waals surface area contributed by atoms with Crippen molar-refractivity contribution in [3.8, 4) is 0 Å². The van der Waals surface area contributed by atoms with E-state index in [4.69, 9.17) is 11.6 Å². The highest BCUT2D eigenvalue weighted by molar-refractivity contribution is 7.92. The molecule has 3 aliphatic carbocycles. The second-order valence-electron chi connectivity index (χ2n) is 8.59. The number of rotatable bonds is 6. The molecule has 2 bridgehead atoms. The van der Waals surface area contributed by atoms with Crippen LogP contribution in [0.3, 0.4) is 0 Å². The van der Waals surface area contributed by atoms with Gasteiger partial charge in [0.05, 0.1) is 11.1 Å². The Hall–Kier alpha value is -2.64. The molecule has 0 spiro atoms. The Balaban J connectivity index is 1.43. The van der Waals surface area contributed by atoms with Gasteiger partial charge in [-0.05, 0) is 78.1 Å². The first kappa shape index (κ1) is 21.6. The van der Waals surface area contributed by atoms with E-state index in [-0.39, 0.29) is 15.9 Å². The van der Waals surface area contributed by atoms with Gasteiger partial charge in [-0.15, -0.1) is 0 Å². The number of benzene rings is 2. The molecule has 2 aromatic carbocycles. The summed E-state index contributed by atoms with van der Waals surface area (Å²) >= 11 is 5.83. The molecule has 0 heterocycles. The molecule has 162 valence electrons. The number of nitrogens with one attached hydrogen (secondary N) is 2. The number of nitrogens with zero attached hydrogens (tertiary/aromatic N) is 1. The quantitative estimate of drug-likeness (QED) is 0.480. The second kappa shape index (κ2) is 8.13. The minimum absolute atomic E-state index is 0.0173. The topological polar surface area (TPSA) is 87.6 Å². The third-order valence-electron chi connectivity index (χ3n) is 6.39. The zero-order chi connectivity index (χ0) is 22.2. The number of hydrogen-bond donors (Lipinski definition) is 2. The van der Waals surface area contributed by atoms with Crippen LogP contribution in [-0.2, 0) is 10.0 Å². The average Bonchev–Trinajstić information content (AvgIpc) is 2.75. The van der Waals surface area contributed by atoms with Crippen LogP contribution < -0.4 is 10.1 Å². The van der Waals surface area contributed by atoms with Gasteiger partial charge < -0.3 is 0 Å². The molecule has 0 radical (unpaired) electrons. The lowest BCUT2D eigenvalue weighted by molar-refractivity contribution is -0.00126. The van der Waals surface area contributed by atoms with E-state index in [9.17, 15) is 13.2 Å². The van der Waals surface area contributed by atoms with Crippen molar-refractivity contribution in [2.45, 2.75) is 31.6 Å². The molecule has 0 unspecified atom stereocenters. The van der Waals surface area contributed by atoms with Crippen LogP contribution in [-0.4, -0.2) is 20.5 Å². The van der Waals surface area contributed by atoms with Crippen molar-refractivity contribution >= 4 is 39.4 Å². The highest BCUT2D eigenvalue weighted by Gasteiger charge is 2.50. The number of amides is 1. The van der Waals surface area contributed by atoms with Crippen molar-refractivity contribution < 1.29 is 13.2 Å². The van der Waals surface area contributed by atoms with E-state index in [0.29, 0.717) is 16.6 Å². The highest BCUT2D eigenvalue weighted by atomic mass is 35.5. The van der Waals surface area contributed by atoms with Crippen molar-refractivity contribution in [3.63, 3.8) is 0 Å². The molecule has 1 saturated carbocycles. The molecule has 0 aromatic heterocycles. The van der Waals surface area contributed by atoms with Crippen LogP contribution >= 0.6 is 11.6 Å². The fraction of sp³-hybridized carbons (Fsp3) is 0.304. The number of halogens is 1. The standard InChI is InChI=1S/C23H24ClN3O3S/c1-23(2)17-7-6-16(21(23)13-17)14-25-26-22(28)15-4-3-5-20(12-15)31(29,30)27-19-10-8-18(24)9-11-19/h3-6,8-12,14,17,21,27H,7,13H2,1-2H3,(H,26,28)/b25-14-/t17-,21+/m1/s1. The van der Waals surface area contributed by atoms with Gasteiger partial charge in [0.25, 0.3) is 15.9 Å². The van der Waals surface area contributed by atoms with Gasteiger partial charge in [0.15, 0.2) is 0 Å². The summed E-state index contributed by atoms with van der Waals surface area (Å²) in [5, 5.41) is 4.62. The maximum atomic E-state index is 12.7. The largest absolute Gasteiger partial charge is 0.280 e. The lowest BCUT2D eigenvalue weighted by atomic mass is 9.49. The lowest BCUT2D eigenvalue weighted by Crippen LogP contribution is -2.48. The molecule has 1 fully saturated rings. The molecule has 8 heteroatoms. The van der Waals surface area contributed by atoms with Gasteiger partial charge >= 0.3 is 0 Å². The molecule has 2 atom stereocenters. The van der Waals surface area contributed by atoms with E-state index < -0.39 is 15.9 Å². The van der Waals surface area contributed by atoms with Gasteiger partial charge in [-0.3, -0.25) is 9.52 Å². The van der Waals surface area contributed by atoms with Crippen molar-refractivity contribution in [2.75, 3.05) is 4.72 Å². The maximum Gasteiger partial charge on any atom is 0.271 e. The summed E-state index contributed by atoms with van der Waals surface area (Å²) in [6.07, 6.45) is 6.11. The van der Waals surface area contributed by atoms with Gasteiger partial charge in [0.2, 0.25) is 0 Å².